The molecule has 0 amide bonds. The molecule has 2 N–H and O–H groups in total. The first kappa shape index (κ1) is 12.2. The average Bonchev–Trinajstić information content (AvgIpc) is 2.64. The molecular weight excluding hydrogens is 244 g/mol. The maximum atomic E-state index is 5.95. The lowest BCUT2D eigenvalue weighted by Crippen LogP contribution is -2.41. The molecule has 1 aromatic heterocycles. The Labute approximate surface area is 105 Å². The largest absolute Gasteiger partial charge is 0.328 e. The number of nitrogens with two attached hydrogens (primary N) is 1. The summed E-state index contributed by atoms with van der Waals surface area (Å²) in [7, 11) is 0. The summed E-state index contributed by atoms with van der Waals surface area (Å²) in [5.41, 5.74) is 5.95. The Morgan fingerprint density at radius 2 is 2.44 bits per heavy atom. The third-order valence-corrected chi connectivity index (χ3v) is 4.09. The zero-order valence-electron chi connectivity index (χ0n) is 9.40. The lowest BCUT2D eigenvalue weighted by Gasteiger charge is -2.33. The summed E-state index contributed by atoms with van der Waals surface area (Å²) in [5.74, 6) is 0.608. The SMILES string of the molecule is CC(N)C1CCCN(Cc2nnc(Cl)s2)C1. The summed E-state index contributed by atoms with van der Waals surface area (Å²) in [5, 5.41) is 8.86. The summed E-state index contributed by atoms with van der Waals surface area (Å²) >= 11 is 7.22. The Kier molecular flexibility index (Phi) is 4.13. The van der Waals surface area contributed by atoms with Crippen LogP contribution in [0.5, 0.6) is 0 Å². The van der Waals surface area contributed by atoms with E-state index in [-0.39, 0.29) is 6.04 Å². The molecule has 0 saturated carbocycles. The van der Waals surface area contributed by atoms with Gasteiger partial charge in [0.1, 0.15) is 5.01 Å². The smallest absolute Gasteiger partial charge is 0.207 e. The molecule has 1 fully saturated rings. The van der Waals surface area contributed by atoms with Gasteiger partial charge in [0.25, 0.3) is 0 Å². The van der Waals surface area contributed by atoms with Crippen molar-refractivity contribution < 1.29 is 0 Å². The first-order chi connectivity index (χ1) is 7.65. The minimum atomic E-state index is 0.279. The van der Waals surface area contributed by atoms with Gasteiger partial charge in [0.15, 0.2) is 0 Å². The molecule has 1 aliphatic heterocycles. The average molecular weight is 261 g/mol. The Balaban J connectivity index is 1.90. The van der Waals surface area contributed by atoms with E-state index in [9.17, 15) is 0 Å². The standard InChI is InChI=1S/C10H17ClN4S/c1-7(12)8-3-2-4-15(5-8)6-9-13-14-10(11)16-9/h7-8H,2-6,12H2,1H3. The van der Waals surface area contributed by atoms with Crippen molar-refractivity contribution in [3.8, 4) is 0 Å². The second kappa shape index (κ2) is 5.40. The van der Waals surface area contributed by atoms with Crippen molar-refractivity contribution in [1.82, 2.24) is 15.1 Å². The van der Waals surface area contributed by atoms with Crippen molar-refractivity contribution >= 4 is 22.9 Å². The number of hydrogen-bond donors (Lipinski definition) is 1. The van der Waals surface area contributed by atoms with Crippen LogP contribution in [0.15, 0.2) is 0 Å². The van der Waals surface area contributed by atoms with Gasteiger partial charge in [-0.2, -0.15) is 0 Å². The van der Waals surface area contributed by atoms with E-state index in [1.54, 1.807) is 0 Å². The van der Waals surface area contributed by atoms with Crippen LogP contribution < -0.4 is 5.73 Å². The van der Waals surface area contributed by atoms with Gasteiger partial charge in [-0.05, 0) is 43.8 Å². The molecule has 0 radical (unpaired) electrons. The highest BCUT2D eigenvalue weighted by atomic mass is 35.5. The van der Waals surface area contributed by atoms with E-state index in [1.165, 1.54) is 24.2 Å². The quantitative estimate of drug-likeness (QED) is 0.900. The van der Waals surface area contributed by atoms with Crippen LogP contribution in [0.2, 0.25) is 4.47 Å². The van der Waals surface area contributed by atoms with Crippen LogP contribution in [-0.2, 0) is 6.54 Å². The van der Waals surface area contributed by atoms with Crippen LogP contribution in [-0.4, -0.2) is 34.2 Å². The number of nitrogens with zero attached hydrogens (tertiary/aromatic N) is 3. The highest BCUT2D eigenvalue weighted by Gasteiger charge is 2.23. The van der Waals surface area contributed by atoms with Gasteiger partial charge in [0.2, 0.25) is 4.47 Å². The highest BCUT2D eigenvalue weighted by Crippen LogP contribution is 2.22. The summed E-state index contributed by atoms with van der Waals surface area (Å²) in [6.45, 7) is 5.14. The number of halogens is 1. The topological polar surface area (TPSA) is 55.0 Å². The van der Waals surface area contributed by atoms with Crippen LogP contribution in [0.25, 0.3) is 0 Å². The van der Waals surface area contributed by atoms with Gasteiger partial charge < -0.3 is 5.73 Å². The van der Waals surface area contributed by atoms with E-state index in [4.69, 9.17) is 17.3 Å². The molecule has 1 aromatic rings. The fourth-order valence-electron chi connectivity index (χ4n) is 2.15. The maximum Gasteiger partial charge on any atom is 0.207 e. The third kappa shape index (κ3) is 3.13. The Hall–Kier alpha value is -0.230. The summed E-state index contributed by atoms with van der Waals surface area (Å²) in [6.07, 6.45) is 2.46. The van der Waals surface area contributed by atoms with Gasteiger partial charge in [-0.1, -0.05) is 11.3 Å². The number of aromatic nitrogens is 2. The fourth-order valence-corrected chi connectivity index (χ4v) is 3.06. The zero-order chi connectivity index (χ0) is 11.5. The Morgan fingerprint density at radius 3 is 3.06 bits per heavy atom. The predicted octanol–water partition coefficient (Wildman–Crippen LogP) is 1.75. The normalized spacial score (nSPS) is 24.6. The van der Waals surface area contributed by atoms with Crippen molar-refractivity contribution in [2.45, 2.75) is 32.4 Å². The molecule has 1 aliphatic rings. The first-order valence-electron chi connectivity index (χ1n) is 5.61. The van der Waals surface area contributed by atoms with Gasteiger partial charge in [-0.3, -0.25) is 4.90 Å². The van der Waals surface area contributed by atoms with Gasteiger partial charge in [-0.25, -0.2) is 0 Å². The highest BCUT2D eigenvalue weighted by molar-refractivity contribution is 7.15. The number of piperidine rings is 1. The lowest BCUT2D eigenvalue weighted by atomic mass is 9.92. The fraction of sp³-hybridized carbons (Fsp3) is 0.800. The van der Waals surface area contributed by atoms with Crippen LogP contribution in [0, 0.1) is 5.92 Å². The van der Waals surface area contributed by atoms with Crippen LogP contribution in [0.4, 0.5) is 0 Å². The van der Waals surface area contributed by atoms with Gasteiger partial charge in [0.05, 0.1) is 6.54 Å². The molecule has 6 heteroatoms. The van der Waals surface area contributed by atoms with Gasteiger partial charge >= 0.3 is 0 Å². The zero-order valence-corrected chi connectivity index (χ0v) is 11.0. The van der Waals surface area contributed by atoms with Crippen molar-refractivity contribution in [3.05, 3.63) is 9.47 Å². The second-order valence-corrected chi connectivity index (χ2v) is 6.09. The summed E-state index contributed by atoms with van der Waals surface area (Å²) in [4.78, 5) is 2.40. The minimum Gasteiger partial charge on any atom is -0.328 e. The summed E-state index contributed by atoms with van der Waals surface area (Å²) in [6, 6.07) is 0.279. The van der Waals surface area contributed by atoms with E-state index in [0.717, 1.165) is 24.6 Å². The van der Waals surface area contributed by atoms with Crippen molar-refractivity contribution in [3.63, 3.8) is 0 Å². The molecule has 4 nitrogen and oxygen atoms in total. The molecule has 2 rings (SSSR count). The van der Waals surface area contributed by atoms with Crippen molar-refractivity contribution in [1.29, 1.82) is 0 Å². The number of likely N-dealkylation sites (tertiary alicyclic amines) is 1. The molecule has 0 spiro atoms. The molecule has 2 heterocycles. The first-order valence-corrected chi connectivity index (χ1v) is 6.80. The third-order valence-electron chi connectivity index (χ3n) is 3.09. The Morgan fingerprint density at radius 1 is 1.62 bits per heavy atom. The molecule has 0 aromatic carbocycles. The molecule has 2 atom stereocenters. The maximum absolute atomic E-state index is 5.95. The van der Waals surface area contributed by atoms with Crippen LogP contribution in [0.1, 0.15) is 24.8 Å². The van der Waals surface area contributed by atoms with E-state index in [2.05, 4.69) is 22.0 Å². The monoisotopic (exact) mass is 260 g/mol. The number of hydrogen-bond acceptors (Lipinski definition) is 5. The predicted molar refractivity (Wildman–Crippen MR) is 66.6 cm³/mol. The van der Waals surface area contributed by atoms with Crippen molar-refractivity contribution in [2.24, 2.45) is 11.7 Å². The molecule has 0 bridgehead atoms. The Bertz CT molecular complexity index is 341. The second-order valence-electron chi connectivity index (χ2n) is 4.45. The van der Waals surface area contributed by atoms with E-state index >= 15 is 0 Å². The van der Waals surface area contributed by atoms with Gasteiger partial charge in [0, 0.05) is 12.6 Å². The van der Waals surface area contributed by atoms with E-state index in [0.29, 0.717) is 10.4 Å². The number of rotatable bonds is 3. The minimum absolute atomic E-state index is 0.279. The van der Waals surface area contributed by atoms with Crippen LogP contribution >= 0.6 is 22.9 Å². The van der Waals surface area contributed by atoms with Gasteiger partial charge in [-0.15, -0.1) is 10.2 Å². The van der Waals surface area contributed by atoms with Crippen LogP contribution in [0.3, 0.4) is 0 Å². The molecule has 1 saturated heterocycles. The molecule has 16 heavy (non-hydrogen) atoms. The molecule has 90 valence electrons. The molecular formula is C10H17ClN4S. The molecule has 0 aliphatic carbocycles. The van der Waals surface area contributed by atoms with Crippen molar-refractivity contribution in [2.75, 3.05) is 13.1 Å². The van der Waals surface area contributed by atoms with E-state index in [1.807, 2.05) is 0 Å². The van der Waals surface area contributed by atoms with E-state index < -0.39 is 0 Å². The summed E-state index contributed by atoms with van der Waals surface area (Å²) < 4.78 is 0.524. The lowest BCUT2D eigenvalue weighted by molar-refractivity contribution is 0.154. The molecule has 2 unspecified atom stereocenters.